The minimum Gasteiger partial charge on any atom is -0.444 e. The molecule has 1 amide bonds. The van der Waals surface area contributed by atoms with Crippen LogP contribution in [0.25, 0.3) is 0 Å². The van der Waals surface area contributed by atoms with Crippen molar-refractivity contribution in [3.8, 4) is 0 Å². The summed E-state index contributed by atoms with van der Waals surface area (Å²) in [6.45, 7) is 5.42. The molecule has 5 nitrogen and oxygen atoms in total. The van der Waals surface area contributed by atoms with Gasteiger partial charge in [0.1, 0.15) is 12.2 Å². The summed E-state index contributed by atoms with van der Waals surface area (Å²) in [7, 11) is 1.51. The van der Waals surface area contributed by atoms with Crippen LogP contribution in [-0.2, 0) is 14.3 Å². The number of ether oxygens (including phenoxy) is 2. The third-order valence-electron chi connectivity index (χ3n) is 2.60. The van der Waals surface area contributed by atoms with E-state index in [1.165, 1.54) is 7.11 Å². The molecule has 19 heavy (non-hydrogen) atoms. The molecule has 0 heterocycles. The van der Waals surface area contributed by atoms with Crippen LogP contribution in [0.5, 0.6) is 0 Å². The number of amides is 1. The van der Waals surface area contributed by atoms with E-state index in [1.54, 1.807) is 32.1 Å². The Morgan fingerprint density at radius 3 is 2.47 bits per heavy atom. The molecule has 0 fully saturated rings. The number of methoxy groups -OCH3 is 1. The SMILES string of the molecule is CCCC(=O)C(C)=CC=CC(OC)C(C)OC(N)=O. The Balaban J connectivity index is 4.53. The second-order valence-corrected chi connectivity index (χ2v) is 4.25. The highest BCUT2D eigenvalue weighted by Gasteiger charge is 2.16. The van der Waals surface area contributed by atoms with E-state index < -0.39 is 18.3 Å². The number of allylic oxidation sites excluding steroid dienone is 3. The minimum atomic E-state index is -0.840. The number of primary amides is 1. The second kappa shape index (κ2) is 9.33. The molecule has 2 atom stereocenters. The van der Waals surface area contributed by atoms with Crippen LogP contribution in [0.3, 0.4) is 0 Å². The van der Waals surface area contributed by atoms with Crippen LogP contribution in [0.1, 0.15) is 33.6 Å². The standard InChI is InChI=1S/C14H23NO4/c1-5-7-12(16)10(2)8-6-9-13(18-4)11(3)19-14(15)17/h6,8-9,11,13H,5,7H2,1-4H3,(H2,15,17). The summed E-state index contributed by atoms with van der Waals surface area (Å²) in [5.74, 6) is 0.127. The summed E-state index contributed by atoms with van der Waals surface area (Å²) in [4.78, 5) is 22.2. The van der Waals surface area contributed by atoms with Crippen LogP contribution >= 0.6 is 0 Å². The third-order valence-corrected chi connectivity index (χ3v) is 2.60. The van der Waals surface area contributed by atoms with Crippen molar-refractivity contribution in [3.63, 3.8) is 0 Å². The zero-order valence-corrected chi connectivity index (χ0v) is 12.0. The van der Waals surface area contributed by atoms with E-state index in [-0.39, 0.29) is 5.78 Å². The van der Waals surface area contributed by atoms with Gasteiger partial charge in [-0.3, -0.25) is 4.79 Å². The highest BCUT2D eigenvalue weighted by molar-refractivity contribution is 5.94. The molecule has 108 valence electrons. The van der Waals surface area contributed by atoms with E-state index in [1.807, 2.05) is 6.92 Å². The summed E-state index contributed by atoms with van der Waals surface area (Å²) in [6.07, 6.45) is 4.81. The summed E-state index contributed by atoms with van der Waals surface area (Å²) in [5, 5.41) is 0. The highest BCUT2D eigenvalue weighted by Crippen LogP contribution is 2.06. The molecule has 5 heteroatoms. The van der Waals surface area contributed by atoms with Crippen LogP contribution in [0.15, 0.2) is 23.8 Å². The largest absolute Gasteiger partial charge is 0.444 e. The second-order valence-electron chi connectivity index (χ2n) is 4.25. The highest BCUT2D eigenvalue weighted by atomic mass is 16.6. The topological polar surface area (TPSA) is 78.6 Å². The van der Waals surface area contributed by atoms with Crippen molar-refractivity contribution in [3.05, 3.63) is 23.8 Å². The molecule has 2 unspecified atom stereocenters. The smallest absolute Gasteiger partial charge is 0.404 e. The molecule has 0 saturated heterocycles. The number of Topliss-reactive ketones (excluding diaryl/α,β-unsaturated/α-hetero) is 1. The summed E-state index contributed by atoms with van der Waals surface area (Å²) in [5.41, 5.74) is 5.63. The van der Waals surface area contributed by atoms with Gasteiger partial charge in [-0.05, 0) is 25.8 Å². The van der Waals surface area contributed by atoms with Crippen LogP contribution in [0.2, 0.25) is 0 Å². The minimum absolute atomic E-state index is 0.127. The molecule has 0 saturated carbocycles. The number of carbonyl (C=O) groups is 2. The predicted octanol–water partition coefficient (Wildman–Crippen LogP) is 2.36. The van der Waals surface area contributed by atoms with Gasteiger partial charge >= 0.3 is 6.09 Å². The first-order chi connectivity index (χ1) is 8.92. The lowest BCUT2D eigenvalue weighted by Gasteiger charge is -2.18. The molecule has 2 N–H and O–H groups in total. The molecule has 0 aliphatic rings. The maximum absolute atomic E-state index is 11.5. The quantitative estimate of drug-likeness (QED) is 0.542. The summed E-state index contributed by atoms with van der Waals surface area (Å²) < 4.78 is 9.99. The van der Waals surface area contributed by atoms with Gasteiger partial charge in [0, 0.05) is 13.5 Å². The van der Waals surface area contributed by atoms with E-state index in [2.05, 4.69) is 0 Å². The Hall–Kier alpha value is -1.62. The maximum atomic E-state index is 11.5. The Labute approximate surface area is 114 Å². The molecular weight excluding hydrogens is 246 g/mol. The average Bonchev–Trinajstić information content (AvgIpc) is 2.33. The van der Waals surface area contributed by atoms with E-state index in [4.69, 9.17) is 15.2 Å². The number of hydrogen-bond acceptors (Lipinski definition) is 4. The van der Waals surface area contributed by atoms with Crippen molar-refractivity contribution < 1.29 is 19.1 Å². The first-order valence-corrected chi connectivity index (χ1v) is 6.29. The van der Waals surface area contributed by atoms with Crippen molar-refractivity contribution >= 4 is 11.9 Å². The van der Waals surface area contributed by atoms with Gasteiger partial charge in [-0.15, -0.1) is 0 Å². The van der Waals surface area contributed by atoms with E-state index in [0.717, 1.165) is 6.42 Å². The number of hydrogen-bond donors (Lipinski definition) is 1. The molecular formula is C14H23NO4. The van der Waals surface area contributed by atoms with Gasteiger partial charge in [0.2, 0.25) is 0 Å². The molecule has 0 radical (unpaired) electrons. The number of rotatable bonds is 8. The normalized spacial score (nSPS) is 15.3. The van der Waals surface area contributed by atoms with Crippen LogP contribution in [0, 0.1) is 0 Å². The Morgan fingerprint density at radius 1 is 1.37 bits per heavy atom. The zero-order chi connectivity index (χ0) is 14.8. The maximum Gasteiger partial charge on any atom is 0.404 e. The molecule has 0 spiro atoms. The lowest BCUT2D eigenvalue weighted by Crippen LogP contribution is -2.30. The molecule has 0 aliphatic carbocycles. The van der Waals surface area contributed by atoms with E-state index >= 15 is 0 Å². The Kier molecular flexibility index (Phi) is 8.53. The summed E-state index contributed by atoms with van der Waals surface area (Å²) >= 11 is 0. The first-order valence-electron chi connectivity index (χ1n) is 6.29. The van der Waals surface area contributed by atoms with Crippen molar-refractivity contribution in [2.24, 2.45) is 5.73 Å². The third kappa shape index (κ3) is 7.41. The molecule has 0 rings (SSSR count). The summed E-state index contributed by atoms with van der Waals surface area (Å²) in [6, 6.07) is 0. The van der Waals surface area contributed by atoms with Gasteiger partial charge in [0.05, 0.1) is 0 Å². The Morgan fingerprint density at radius 2 is 2.00 bits per heavy atom. The van der Waals surface area contributed by atoms with Crippen molar-refractivity contribution in [1.29, 1.82) is 0 Å². The van der Waals surface area contributed by atoms with Gasteiger partial charge in [-0.1, -0.05) is 25.2 Å². The van der Waals surface area contributed by atoms with Crippen LogP contribution < -0.4 is 5.73 Å². The van der Waals surface area contributed by atoms with Crippen LogP contribution in [-0.4, -0.2) is 31.2 Å². The monoisotopic (exact) mass is 269 g/mol. The molecule has 0 aromatic carbocycles. The fourth-order valence-corrected chi connectivity index (χ4v) is 1.50. The molecule has 0 bridgehead atoms. The number of ketones is 1. The predicted molar refractivity (Wildman–Crippen MR) is 73.7 cm³/mol. The molecule has 0 aromatic rings. The average molecular weight is 269 g/mol. The van der Waals surface area contributed by atoms with E-state index in [0.29, 0.717) is 12.0 Å². The lowest BCUT2D eigenvalue weighted by atomic mass is 10.1. The van der Waals surface area contributed by atoms with Gasteiger partial charge in [-0.2, -0.15) is 0 Å². The first kappa shape index (κ1) is 17.4. The van der Waals surface area contributed by atoms with Gasteiger partial charge < -0.3 is 15.2 Å². The van der Waals surface area contributed by atoms with Crippen molar-refractivity contribution in [1.82, 2.24) is 0 Å². The fourth-order valence-electron chi connectivity index (χ4n) is 1.50. The van der Waals surface area contributed by atoms with Crippen molar-refractivity contribution in [2.45, 2.75) is 45.8 Å². The van der Waals surface area contributed by atoms with E-state index in [9.17, 15) is 9.59 Å². The molecule has 0 aromatic heterocycles. The number of nitrogens with two attached hydrogens (primary N) is 1. The van der Waals surface area contributed by atoms with Gasteiger partial charge in [-0.25, -0.2) is 4.79 Å². The van der Waals surface area contributed by atoms with Crippen LogP contribution in [0.4, 0.5) is 4.79 Å². The lowest BCUT2D eigenvalue weighted by molar-refractivity contribution is -0.115. The zero-order valence-electron chi connectivity index (χ0n) is 12.0. The molecule has 0 aliphatic heterocycles. The Bertz CT molecular complexity index is 360. The fraction of sp³-hybridized carbons (Fsp3) is 0.571. The van der Waals surface area contributed by atoms with Crippen molar-refractivity contribution in [2.75, 3.05) is 7.11 Å². The van der Waals surface area contributed by atoms with Gasteiger partial charge in [0.25, 0.3) is 0 Å². The van der Waals surface area contributed by atoms with Gasteiger partial charge in [0.15, 0.2) is 5.78 Å². The number of carbonyl (C=O) groups excluding carboxylic acids is 2.